The summed E-state index contributed by atoms with van der Waals surface area (Å²) in [5.41, 5.74) is 8.23. The zero-order chi connectivity index (χ0) is 40.5. The molecule has 0 saturated carbocycles. The van der Waals surface area contributed by atoms with Crippen LogP contribution >= 0.6 is 0 Å². The highest BCUT2D eigenvalue weighted by atomic mass is 16.3. The number of fused-ring (bicyclic) bond motifs is 16. The van der Waals surface area contributed by atoms with Gasteiger partial charge in [0.1, 0.15) is 22.3 Å². The minimum Gasteiger partial charge on any atom is -0.456 e. The van der Waals surface area contributed by atoms with Gasteiger partial charge in [-0.3, -0.25) is 0 Å². The molecule has 2 nitrogen and oxygen atoms in total. The van der Waals surface area contributed by atoms with Gasteiger partial charge in [0.15, 0.2) is 0 Å². The number of benzene rings is 11. The Morgan fingerprint density at radius 2 is 0.629 bits per heavy atom. The molecular formula is C60H34O2. The van der Waals surface area contributed by atoms with Gasteiger partial charge in [0.25, 0.3) is 0 Å². The van der Waals surface area contributed by atoms with E-state index in [-0.39, 0.29) is 0 Å². The fourth-order valence-electron chi connectivity index (χ4n) is 10.6. The van der Waals surface area contributed by atoms with Crippen molar-refractivity contribution in [1.29, 1.82) is 0 Å². The minimum absolute atomic E-state index is 0.893. The maximum atomic E-state index is 6.34. The Morgan fingerprint density at radius 1 is 0.210 bits per heavy atom. The van der Waals surface area contributed by atoms with Crippen LogP contribution in [0.4, 0.5) is 0 Å². The lowest BCUT2D eigenvalue weighted by Gasteiger charge is -2.13. The highest BCUT2D eigenvalue weighted by molar-refractivity contribution is 6.25. The van der Waals surface area contributed by atoms with Gasteiger partial charge in [0, 0.05) is 21.5 Å². The highest BCUT2D eigenvalue weighted by Crippen LogP contribution is 2.38. The zero-order valence-electron chi connectivity index (χ0n) is 33.4. The molecule has 14 rings (SSSR count). The van der Waals surface area contributed by atoms with Crippen molar-refractivity contribution in [3.8, 4) is 22.3 Å². The first-order chi connectivity index (χ1) is 30.7. The lowest BCUT2D eigenvalue weighted by atomic mass is 9.91. The molecule has 0 bridgehead atoms. The van der Waals surface area contributed by atoms with Crippen LogP contribution in [-0.4, -0.2) is 0 Å². The van der Waals surface area contributed by atoms with Crippen molar-refractivity contribution in [3.05, 3.63) is 248 Å². The molecule has 0 saturated heterocycles. The molecule has 2 aromatic heterocycles. The predicted molar refractivity (Wildman–Crippen MR) is 254 cm³/mol. The van der Waals surface area contributed by atoms with Crippen LogP contribution in [0.1, 0.15) is 0 Å². The van der Waals surface area contributed by atoms with E-state index in [1.165, 1.54) is 79.6 Å². The summed E-state index contributed by atoms with van der Waals surface area (Å²) in [5.74, 6) is 0. The lowest BCUT2D eigenvalue weighted by Crippen LogP contribution is -1.94. The van der Waals surface area contributed by atoms with Crippen LogP contribution in [0.2, 0.25) is 0 Å². The summed E-state index contributed by atoms with van der Waals surface area (Å²) in [6.45, 7) is 0. The monoisotopic (exact) mass is 786 g/mol. The summed E-state index contributed by atoms with van der Waals surface area (Å²) in [7, 11) is 0. The second kappa shape index (κ2) is 12.7. The van der Waals surface area contributed by atoms with E-state index in [0.29, 0.717) is 0 Å². The summed E-state index contributed by atoms with van der Waals surface area (Å²) < 4.78 is 12.6. The van der Waals surface area contributed by atoms with Crippen molar-refractivity contribution in [2.45, 2.75) is 0 Å². The van der Waals surface area contributed by atoms with Crippen LogP contribution in [0, 0.1) is 41.7 Å². The average Bonchev–Trinajstić information content (AvgIpc) is 3.91. The third kappa shape index (κ3) is 4.75. The molecule has 11 aromatic carbocycles. The molecule has 0 amide bonds. The maximum absolute atomic E-state index is 6.34. The van der Waals surface area contributed by atoms with Crippen LogP contribution in [0.15, 0.2) is 215 Å². The van der Waals surface area contributed by atoms with E-state index in [1.54, 1.807) is 0 Å². The van der Waals surface area contributed by atoms with Crippen molar-refractivity contribution < 1.29 is 8.83 Å². The molecular weight excluding hydrogens is 753 g/mol. The summed E-state index contributed by atoms with van der Waals surface area (Å²) in [6, 6.07) is 75.7. The van der Waals surface area contributed by atoms with Crippen LogP contribution < -0.4 is 0 Å². The molecule has 0 aliphatic heterocycles. The van der Waals surface area contributed by atoms with Crippen molar-refractivity contribution in [2.75, 3.05) is 0 Å². The van der Waals surface area contributed by atoms with Crippen LogP contribution in [0.3, 0.4) is 0 Å². The Hall–Kier alpha value is -8.20. The number of para-hydroxylation sites is 2. The predicted octanol–water partition coefficient (Wildman–Crippen LogP) is 15.7. The van der Waals surface area contributed by atoms with Gasteiger partial charge in [-0.1, -0.05) is 152 Å². The van der Waals surface area contributed by atoms with Gasteiger partial charge in [0.05, 0.1) is 0 Å². The maximum Gasteiger partial charge on any atom is 0.135 e. The first kappa shape index (κ1) is 33.6. The quantitative estimate of drug-likeness (QED) is 0.163. The topological polar surface area (TPSA) is 26.3 Å². The van der Waals surface area contributed by atoms with Crippen molar-refractivity contribution in [2.24, 2.45) is 0 Å². The third-order valence-corrected chi connectivity index (χ3v) is 13.4. The normalized spacial score (nSPS) is 12.2. The van der Waals surface area contributed by atoms with Crippen LogP contribution in [0.25, 0.3) is 98.4 Å². The first-order valence-corrected chi connectivity index (χ1v) is 21.3. The zero-order valence-corrected chi connectivity index (χ0v) is 33.4. The molecule has 0 unspecified atom stereocenters. The molecule has 286 valence electrons. The molecule has 13 aromatic rings. The molecule has 1 aliphatic rings. The minimum atomic E-state index is 0.893. The van der Waals surface area contributed by atoms with Crippen molar-refractivity contribution >= 4 is 76.2 Å². The second-order valence-corrected chi connectivity index (χ2v) is 16.7. The summed E-state index contributed by atoms with van der Waals surface area (Å²) in [4.78, 5) is 0. The van der Waals surface area contributed by atoms with Gasteiger partial charge < -0.3 is 8.83 Å². The summed E-state index contributed by atoms with van der Waals surface area (Å²) in [5, 5.41) is 21.8. The van der Waals surface area contributed by atoms with Gasteiger partial charge in [-0.2, -0.15) is 0 Å². The molecule has 1 aliphatic carbocycles. The number of hydrogen-bond donors (Lipinski definition) is 0. The van der Waals surface area contributed by atoms with E-state index in [2.05, 4.69) is 188 Å². The Labute approximate surface area is 353 Å². The third-order valence-electron chi connectivity index (χ3n) is 13.4. The van der Waals surface area contributed by atoms with E-state index in [1.807, 2.05) is 18.2 Å². The Morgan fingerprint density at radius 3 is 1.24 bits per heavy atom. The molecule has 0 atom stereocenters. The van der Waals surface area contributed by atoms with Gasteiger partial charge in [-0.05, 0) is 151 Å². The number of hydrogen-bond acceptors (Lipinski definition) is 2. The largest absolute Gasteiger partial charge is 0.456 e. The van der Waals surface area contributed by atoms with Crippen molar-refractivity contribution in [3.63, 3.8) is 0 Å². The Kier molecular flexibility index (Phi) is 6.86. The van der Waals surface area contributed by atoms with Gasteiger partial charge in [-0.25, -0.2) is 0 Å². The molecule has 2 heterocycles. The van der Waals surface area contributed by atoms with E-state index in [4.69, 9.17) is 8.83 Å². The van der Waals surface area contributed by atoms with Crippen LogP contribution in [0.5, 0.6) is 0 Å². The number of furan rings is 2. The van der Waals surface area contributed by atoms with E-state index in [9.17, 15) is 0 Å². The molecule has 0 N–H and O–H groups in total. The highest BCUT2D eigenvalue weighted by Gasteiger charge is 2.15. The summed E-state index contributed by atoms with van der Waals surface area (Å²) in [6.07, 6.45) is 0. The standard InChI is InChI=1S/C60H34O2/c1-4-15-42-39(12-1)40-13-2-5-16-43(40)50-34-52-45-27-24-35(36-25-28-58-53(30-36)46-18-7-9-22-56(46)61-58)31-55(45)60-38(37-26-29-59-54(32-37)47-19-8-10-23-57(47)62-59)20-11-21-48(60)41-14-3-6-17-44(41)51(52)33-49(42)50/h1-34H. The first-order valence-electron chi connectivity index (χ1n) is 21.3. The van der Waals surface area contributed by atoms with E-state index in [0.717, 1.165) is 60.6 Å². The average molecular weight is 787 g/mol. The van der Waals surface area contributed by atoms with E-state index < -0.39 is 0 Å². The molecule has 0 spiro atoms. The van der Waals surface area contributed by atoms with Crippen LogP contribution in [-0.2, 0) is 0 Å². The van der Waals surface area contributed by atoms with Gasteiger partial charge in [-0.15, -0.1) is 0 Å². The molecule has 2 heteroatoms. The SMILES string of the molecule is c1ccc2c(c1)=c1cc3c4ccccc4c4ccccc4c3cc1=c1ccc(-c3ccc4oc5ccccc5c4c3)cc1=c1c(-c3ccc4oc5ccccc5c4c3)cccc1=2. The van der Waals surface area contributed by atoms with Gasteiger partial charge >= 0.3 is 0 Å². The Bertz CT molecular complexity index is 4520. The fraction of sp³-hybridized carbons (Fsp3) is 0. The lowest BCUT2D eigenvalue weighted by molar-refractivity contribution is 0.668. The molecule has 0 fully saturated rings. The number of rotatable bonds is 2. The fourth-order valence-corrected chi connectivity index (χ4v) is 10.6. The van der Waals surface area contributed by atoms with E-state index >= 15 is 0 Å². The Balaban J connectivity index is 1.23. The van der Waals surface area contributed by atoms with Gasteiger partial charge in [0.2, 0.25) is 0 Å². The molecule has 0 radical (unpaired) electrons. The second-order valence-electron chi connectivity index (χ2n) is 16.7. The smallest absolute Gasteiger partial charge is 0.135 e. The molecule has 62 heavy (non-hydrogen) atoms. The van der Waals surface area contributed by atoms with Crippen molar-refractivity contribution in [1.82, 2.24) is 0 Å². The summed E-state index contributed by atoms with van der Waals surface area (Å²) >= 11 is 0.